The molecule has 3 N–H and O–H groups in total. The van der Waals surface area contributed by atoms with Crippen LogP contribution in [0, 0.1) is 0 Å². The number of anilines is 2. The summed E-state index contributed by atoms with van der Waals surface area (Å²) in [5, 5.41) is 12.7. The van der Waals surface area contributed by atoms with Crippen LogP contribution in [0.5, 0.6) is 5.75 Å². The summed E-state index contributed by atoms with van der Waals surface area (Å²) in [5.41, 5.74) is 1.56. The largest absolute Gasteiger partial charge is 0.506 e. The van der Waals surface area contributed by atoms with Crippen LogP contribution in [-0.2, 0) is 6.18 Å². The lowest BCUT2D eigenvalue weighted by atomic mass is 10.0. The van der Waals surface area contributed by atoms with E-state index >= 15 is 0 Å². The van der Waals surface area contributed by atoms with Crippen molar-refractivity contribution in [1.82, 2.24) is 0 Å². The summed E-state index contributed by atoms with van der Waals surface area (Å²) in [6, 6.07) is 14.2. The Morgan fingerprint density at radius 3 is 2.41 bits per heavy atom. The van der Waals surface area contributed by atoms with Gasteiger partial charge in [0.1, 0.15) is 5.75 Å². The minimum atomic E-state index is -4.47. The van der Waals surface area contributed by atoms with Gasteiger partial charge in [-0.2, -0.15) is 13.2 Å². The van der Waals surface area contributed by atoms with Crippen LogP contribution < -0.4 is 10.0 Å². The third-order valence-corrected chi connectivity index (χ3v) is 5.79. The summed E-state index contributed by atoms with van der Waals surface area (Å²) in [6.45, 7) is 2.04. The number of hydrogen-bond donors (Lipinski definition) is 3. The smallest absolute Gasteiger partial charge is 0.416 e. The van der Waals surface area contributed by atoms with Crippen LogP contribution in [0.3, 0.4) is 0 Å². The van der Waals surface area contributed by atoms with E-state index in [1.807, 2.05) is 6.92 Å². The van der Waals surface area contributed by atoms with Crippen LogP contribution in [0.15, 0.2) is 60.7 Å². The number of carbonyl (C=O) groups is 1. The molecule has 0 bridgehead atoms. The van der Waals surface area contributed by atoms with Gasteiger partial charge in [0.25, 0.3) is 5.91 Å². The normalized spacial score (nSPS) is 11.3. The fourth-order valence-corrected chi connectivity index (χ4v) is 3.77. The predicted molar refractivity (Wildman–Crippen MR) is 124 cm³/mol. The zero-order valence-corrected chi connectivity index (χ0v) is 18.5. The predicted octanol–water partition coefficient (Wildman–Crippen LogP) is 7.45. The van der Waals surface area contributed by atoms with Gasteiger partial charge in [0.05, 0.1) is 11.3 Å². The molecule has 0 aliphatic heterocycles. The summed E-state index contributed by atoms with van der Waals surface area (Å²) in [7, 11) is 0. The van der Waals surface area contributed by atoms with Gasteiger partial charge >= 0.3 is 6.18 Å². The van der Waals surface area contributed by atoms with Gasteiger partial charge in [-0.3, -0.25) is 4.79 Å². The molecule has 168 valence electrons. The van der Waals surface area contributed by atoms with Crippen LogP contribution >= 0.6 is 23.5 Å². The number of hydrogen-bond acceptors (Lipinski definition) is 4. The molecule has 3 aromatic carbocycles. The minimum Gasteiger partial charge on any atom is -0.506 e. The molecule has 0 heterocycles. The number of phenolic OH excluding ortho intramolecular Hbond substituents is 1. The van der Waals surface area contributed by atoms with Gasteiger partial charge in [-0.15, -0.1) is 0 Å². The molecule has 0 aliphatic rings. The second-order valence-electron chi connectivity index (χ2n) is 6.91. The van der Waals surface area contributed by atoms with Crippen molar-refractivity contribution in [2.24, 2.45) is 0 Å². The number of carbonyl (C=O) groups excluding carboxylic acids is 1. The summed E-state index contributed by atoms with van der Waals surface area (Å²) in [5.74, 6) is 0.572. The number of aromatic hydroxyl groups is 1. The monoisotopic (exact) mass is 480 g/mol. The Bertz CT molecular complexity index is 1110. The molecule has 0 saturated heterocycles. The Labute approximate surface area is 192 Å². The first-order chi connectivity index (χ1) is 15.2. The summed E-state index contributed by atoms with van der Waals surface area (Å²) in [6.07, 6.45) is -3.50. The number of benzene rings is 3. The Kier molecular flexibility index (Phi) is 7.58. The molecule has 0 aromatic heterocycles. The highest BCUT2D eigenvalue weighted by atomic mass is 35.5. The third-order valence-electron chi connectivity index (χ3n) is 4.50. The molecule has 9 heteroatoms. The Morgan fingerprint density at radius 1 is 1.06 bits per heavy atom. The lowest BCUT2D eigenvalue weighted by molar-refractivity contribution is -0.137. The lowest BCUT2D eigenvalue weighted by Gasteiger charge is -2.12. The van der Waals surface area contributed by atoms with Gasteiger partial charge in [-0.05, 0) is 54.4 Å². The highest BCUT2D eigenvalue weighted by Gasteiger charge is 2.30. The zero-order valence-electron chi connectivity index (χ0n) is 17.0. The van der Waals surface area contributed by atoms with Crippen LogP contribution in [0.1, 0.15) is 29.3 Å². The number of rotatable bonds is 7. The number of halogens is 4. The number of nitrogens with one attached hydrogen (secondary N) is 2. The SMILES string of the molecule is CCCSNc1cc(NC(=O)c2ccc(-c3ccc(C(F)(F)F)cc3Cl)cc2)ccc1O. The molecule has 0 spiro atoms. The van der Waals surface area contributed by atoms with E-state index in [4.69, 9.17) is 11.6 Å². The van der Waals surface area contributed by atoms with Crippen LogP contribution in [0.4, 0.5) is 24.5 Å². The molecule has 3 rings (SSSR count). The maximum Gasteiger partial charge on any atom is 0.416 e. The molecule has 0 unspecified atom stereocenters. The maximum absolute atomic E-state index is 12.8. The molecule has 32 heavy (non-hydrogen) atoms. The average molecular weight is 481 g/mol. The van der Waals surface area contributed by atoms with Gasteiger partial charge < -0.3 is 15.1 Å². The van der Waals surface area contributed by atoms with E-state index in [2.05, 4.69) is 10.0 Å². The second-order valence-corrected chi connectivity index (χ2v) is 8.21. The van der Waals surface area contributed by atoms with Crippen LogP contribution in [0.2, 0.25) is 5.02 Å². The summed E-state index contributed by atoms with van der Waals surface area (Å²) < 4.78 is 41.5. The van der Waals surface area contributed by atoms with Crippen molar-refractivity contribution < 1.29 is 23.1 Å². The van der Waals surface area contributed by atoms with Crippen LogP contribution in [0.25, 0.3) is 11.1 Å². The number of phenols is 1. The fraction of sp³-hybridized carbons (Fsp3) is 0.174. The standard InChI is InChI=1S/C23H20ClF3N2O2S/c1-2-11-32-29-20-13-17(8-10-21(20)30)28-22(31)15-5-3-14(4-6-15)18-9-7-16(12-19(18)24)23(25,26)27/h3-10,12-13,29-30H,2,11H2,1H3,(H,28,31). The fourth-order valence-electron chi connectivity index (χ4n) is 2.86. The molecular formula is C23H20ClF3N2O2S. The van der Waals surface area contributed by atoms with Crippen molar-refractivity contribution in [2.45, 2.75) is 19.5 Å². The molecule has 3 aromatic rings. The number of alkyl halides is 3. The first-order valence-corrected chi connectivity index (χ1v) is 11.0. The van der Waals surface area contributed by atoms with Crippen LogP contribution in [-0.4, -0.2) is 16.8 Å². The van der Waals surface area contributed by atoms with Gasteiger partial charge in [0.2, 0.25) is 0 Å². The highest BCUT2D eigenvalue weighted by molar-refractivity contribution is 8.00. The second kappa shape index (κ2) is 10.2. The maximum atomic E-state index is 12.8. The third kappa shape index (κ3) is 5.89. The van der Waals surface area contributed by atoms with E-state index in [1.165, 1.54) is 24.1 Å². The zero-order chi connectivity index (χ0) is 23.3. The highest BCUT2D eigenvalue weighted by Crippen LogP contribution is 2.36. The number of amides is 1. The minimum absolute atomic E-state index is 0.0258. The van der Waals surface area contributed by atoms with Crippen molar-refractivity contribution >= 4 is 40.8 Å². The molecule has 0 radical (unpaired) electrons. The van der Waals surface area contributed by atoms with Crippen molar-refractivity contribution in [3.8, 4) is 16.9 Å². The van der Waals surface area contributed by atoms with E-state index < -0.39 is 11.7 Å². The average Bonchev–Trinajstić information content (AvgIpc) is 2.75. The van der Waals surface area contributed by atoms with E-state index in [-0.39, 0.29) is 16.7 Å². The van der Waals surface area contributed by atoms with Crippen molar-refractivity contribution in [3.05, 3.63) is 76.8 Å². The van der Waals surface area contributed by atoms with E-state index in [0.717, 1.165) is 24.3 Å². The Hall–Kier alpha value is -2.84. The van der Waals surface area contributed by atoms with Crippen molar-refractivity contribution in [3.63, 3.8) is 0 Å². The summed E-state index contributed by atoms with van der Waals surface area (Å²) in [4.78, 5) is 12.6. The molecule has 0 saturated carbocycles. The van der Waals surface area contributed by atoms with E-state index in [1.54, 1.807) is 36.4 Å². The molecule has 4 nitrogen and oxygen atoms in total. The van der Waals surface area contributed by atoms with Gasteiger partial charge in [0.15, 0.2) is 0 Å². The molecular weight excluding hydrogens is 461 g/mol. The first-order valence-electron chi connectivity index (χ1n) is 9.68. The van der Waals surface area contributed by atoms with E-state index in [0.29, 0.717) is 28.1 Å². The van der Waals surface area contributed by atoms with E-state index in [9.17, 15) is 23.1 Å². The molecule has 0 atom stereocenters. The molecule has 0 aliphatic carbocycles. The quantitative estimate of drug-likeness (QED) is 0.142. The van der Waals surface area contributed by atoms with Gasteiger partial charge in [0, 0.05) is 27.6 Å². The summed E-state index contributed by atoms with van der Waals surface area (Å²) >= 11 is 7.50. The molecule has 1 amide bonds. The lowest BCUT2D eigenvalue weighted by Crippen LogP contribution is -2.11. The van der Waals surface area contributed by atoms with Crippen molar-refractivity contribution in [1.29, 1.82) is 0 Å². The van der Waals surface area contributed by atoms with Gasteiger partial charge in [-0.25, -0.2) is 0 Å². The first kappa shape index (κ1) is 23.8. The topological polar surface area (TPSA) is 61.4 Å². The Balaban J connectivity index is 1.73. The Morgan fingerprint density at radius 2 is 1.78 bits per heavy atom. The molecule has 0 fully saturated rings. The van der Waals surface area contributed by atoms with Crippen molar-refractivity contribution in [2.75, 3.05) is 15.8 Å². The van der Waals surface area contributed by atoms with Gasteiger partial charge in [-0.1, -0.05) is 48.7 Å².